The van der Waals surface area contributed by atoms with E-state index in [0.29, 0.717) is 16.3 Å². The second-order valence-corrected chi connectivity index (χ2v) is 4.77. The van der Waals surface area contributed by atoms with Gasteiger partial charge < -0.3 is 10.5 Å². The molecule has 0 aliphatic heterocycles. The van der Waals surface area contributed by atoms with E-state index in [0.717, 1.165) is 11.1 Å². The third kappa shape index (κ3) is 3.73. The van der Waals surface area contributed by atoms with E-state index < -0.39 is 5.97 Å². The molecule has 0 spiro atoms. The van der Waals surface area contributed by atoms with Crippen LogP contribution in [0.2, 0.25) is 5.02 Å². The van der Waals surface area contributed by atoms with Gasteiger partial charge >= 0.3 is 5.97 Å². The molecular formula is C15H14ClNO2. The van der Waals surface area contributed by atoms with Gasteiger partial charge in [0.2, 0.25) is 0 Å². The van der Waals surface area contributed by atoms with E-state index >= 15 is 0 Å². The van der Waals surface area contributed by atoms with Crippen LogP contribution in [0.3, 0.4) is 0 Å². The number of benzene rings is 2. The van der Waals surface area contributed by atoms with Gasteiger partial charge in [-0.25, -0.2) is 4.79 Å². The number of halogens is 1. The van der Waals surface area contributed by atoms with Gasteiger partial charge in [-0.2, -0.15) is 0 Å². The minimum absolute atomic E-state index is 0.229. The molecule has 0 fully saturated rings. The molecule has 0 amide bonds. The monoisotopic (exact) mass is 275 g/mol. The van der Waals surface area contributed by atoms with Crippen LogP contribution in [0.4, 0.5) is 5.69 Å². The van der Waals surface area contributed by atoms with Gasteiger partial charge in [-0.15, -0.1) is 0 Å². The summed E-state index contributed by atoms with van der Waals surface area (Å²) in [6, 6.07) is 12.5. The fraction of sp³-hybridized carbons (Fsp3) is 0.133. The van der Waals surface area contributed by atoms with Gasteiger partial charge in [0.15, 0.2) is 0 Å². The average Bonchev–Trinajstić information content (AvgIpc) is 2.35. The van der Waals surface area contributed by atoms with Crippen LogP contribution in [0.15, 0.2) is 42.5 Å². The molecule has 0 bridgehead atoms. The molecular weight excluding hydrogens is 262 g/mol. The molecule has 0 unspecified atom stereocenters. The summed E-state index contributed by atoms with van der Waals surface area (Å²) in [5.74, 6) is -0.435. The van der Waals surface area contributed by atoms with E-state index in [1.165, 1.54) is 6.07 Å². The summed E-state index contributed by atoms with van der Waals surface area (Å²) in [7, 11) is 0. The second-order valence-electron chi connectivity index (χ2n) is 4.34. The summed E-state index contributed by atoms with van der Waals surface area (Å²) in [6.45, 7) is 2.22. The Kier molecular flexibility index (Phi) is 4.07. The molecule has 0 radical (unpaired) electrons. The van der Waals surface area contributed by atoms with Gasteiger partial charge in [0.05, 0.1) is 5.56 Å². The quantitative estimate of drug-likeness (QED) is 0.688. The zero-order chi connectivity index (χ0) is 13.8. The number of aryl methyl sites for hydroxylation is 1. The zero-order valence-electron chi connectivity index (χ0n) is 10.5. The van der Waals surface area contributed by atoms with E-state index in [9.17, 15) is 4.79 Å². The van der Waals surface area contributed by atoms with Gasteiger partial charge in [-0.1, -0.05) is 41.4 Å². The molecule has 0 aromatic heterocycles. The summed E-state index contributed by atoms with van der Waals surface area (Å²) < 4.78 is 5.23. The fourth-order valence-electron chi connectivity index (χ4n) is 1.76. The van der Waals surface area contributed by atoms with Crippen LogP contribution in [0.1, 0.15) is 21.5 Å². The average molecular weight is 276 g/mol. The molecule has 2 N–H and O–H groups in total. The van der Waals surface area contributed by atoms with E-state index in [1.807, 2.05) is 31.2 Å². The molecule has 2 rings (SSSR count). The molecule has 98 valence electrons. The number of nitrogens with two attached hydrogens (primary N) is 1. The standard InChI is InChI=1S/C15H14ClNO2/c1-10-3-2-4-11(5-10)9-19-15(18)12-6-13(16)8-14(17)7-12/h2-8H,9,17H2,1H3. The minimum atomic E-state index is -0.435. The maximum atomic E-state index is 11.9. The van der Waals surface area contributed by atoms with Gasteiger partial charge in [-0.3, -0.25) is 0 Å². The highest BCUT2D eigenvalue weighted by molar-refractivity contribution is 6.31. The van der Waals surface area contributed by atoms with Gasteiger partial charge in [-0.05, 0) is 30.7 Å². The highest BCUT2D eigenvalue weighted by atomic mass is 35.5. The van der Waals surface area contributed by atoms with Crippen molar-refractivity contribution >= 4 is 23.3 Å². The summed E-state index contributed by atoms with van der Waals surface area (Å²) in [4.78, 5) is 11.9. The number of hydrogen-bond acceptors (Lipinski definition) is 3. The lowest BCUT2D eigenvalue weighted by Gasteiger charge is -2.06. The lowest BCUT2D eigenvalue weighted by atomic mass is 10.1. The topological polar surface area (TPSA) is 52.3 Å². The van der Waals surface area contributed by atoms with Crippen molar-refractivity contribution in [3.05, 3.63) is 64.2 Å². The van der Waals surface area contributed by atoms with E-state index in [1.54, 1.807) is 12.1 Å². The van der Waals surface area contributed by atoms with Crippen molar-refractivity contribution in [2.75, 3.05) is 5.73 Å². The fourth-order valence-corrected chi connectivity index (χ4v) is 2.01. The number of nitrogen functional groups attached to an aromatic ring is 1. The summed E-state index contributed by atoms with van der Waals surface area (Å²) >= 11 is 5.84. The van der Waals surface area contributed by atoms with Crippen LogP contribution in [0.25, 0.3) is 0 Å². The molecule has 0 aliphatic rings. The Balaban J connectivity index is 2.05. The lowest BCUT2D eigenvalue weighted by Crippen LogP contribution is -2.06. The molecule has 19 heavy (non-hydrogen) atoms. The first-order chi connectivity index (χ1) is 9.04. The predicted molar refractivity (Wildman–Crippen MR) is 76.2 cm³/mol. The lowest BCUT2D eigenvalue weighted by molar-refractivity contribution is 0.0472. The van der Waals surface area contributed by atoms with Gasteiger partial charge in [0.1, 0.15) is 6.61 Å². The summed E-state index contributed by atoms with van der Waals surface area (Å²) in [5, 5.41) is 0.419. The first-order valence-electron chi connectivity index (χ1n) is 5.83. The van der Waals surface area contributed by atoms with Crippen LogP contribution in [0.5, 0.6) is 0 Å². The van der Waals surface area contributed by atoms with E-state index in [2.05, 4.69) is 0 Å². The molecule has 0 saturated carbocycles. The number of carbonyl (C=O) groups excluding carboxylic acids is 1. The van der Waals surface area contributed by atoms with Crippen LogP contribution in [-0.4, -0.2) is 5.97 Å². The number of anilines is 1. The van der Waals surface area contributed by atoms with Crippen molar-refractivity contribution in [3.63, 3.8) is 0 Å². The van der Waals surface area contributed by atoms with E-state index in [-0.39, 0.29) is 6.61 Å². The molecule has 2 aromatic carbocycles. The van der Waals surface area contributed by atoms with Crippen molar-refractivity contribution in [2.24, 2.45) is 0 Å². The molecule has 0 aliphatic carbocycles. The molecule has 0 saturated heterocycles. The maximum Gasteiger partial charge on any atom is 0.338 e. The van der Waals surface area contributed by atoms with Crippen molar-refractivity contribution < 1.29 is 9.53 Å². The van der Waals surface area contributed by atoms with Crippen molar-refractivity contribution in [1.82, 2.24) is 0 Å². The van der Waals surface area contributed by atoms with E-state index in [4.69, 9.17) is 22.1 Å². The molecule has 2 aromatic rings. The van der Waals surface area contributed by atoms with Crippen molar-refractivity contribution in [3.8, 4) is 0 Å². The second kappa shape index (κ2) is 5.76. The van der Waals surface area contributed by atoms with Crippen LogP contribution in [0, 0.1) is 6.92 Å². The Labute approximate surface area is 117 Å². The van der Waals surface area contributed by atoms with Gasteiger partial charge in [0.25, 0.3) is 0 Å². The highest BCUT2D eigenvalue weighted by Gasteiger charge is 2.09. The smallest absolute Gasteiger partial charge is 0.338 e. The van der Waals surface area contributed by atoms with Crippen molar-refractivity contribution in [1.29, 1.82) is 0 Å². The number of carbonyl (C=O) groups is 1. The Morgan fingerprint density at radius 3 is 2.74 bits per heavy atom. The van der Waals surface area contributed by atoms with Crippen LogP contribution < -0.4 is 5.73 Å². The largest absolute Gasteiger partial charge is 0.457 e. The first-order valence-corrected chi connectivity index (χ1v) is 6.21. The maximum absolute atomic E-state index is 11.9. The van der Waals surface area contributed by atoms with Crippen molar-refractivity contribution in [2.45, 2.75) is 13.5 Å². The number of esters is 1. The SMILES string of the molecule is Cc1cccc(COC(=O)c2cc(N)cc(Cl)c2)c1. The molecule has 0 heterocycles. The third-order valence-electron chi connectivity index (χ3n) is 2.61. The highest BCUT2D eigenvalue weighted by Crippen LogP contribution is 2.18. The molecule has 4 heteroatoms. The minimum Gasteiger partial charge on any atom is -0.457 e. The zero-order valence-corrected chi connectivity index (χ0v) is 11.3. The Morgan fingerprint density at radius 2 is 2.05 bits per heavy atom. The number of hydrogen-bond donors (Lipinski definition) is 1. The number of ether oxygens (including phenoxy) is 1. The Morgan fingerprint density at radius 1 is 1.26 bits per heavy atom. The number of rotatable bonds is 3. The summed E-state index contributed by atoms with van der Waals surface area (Å²) in [5.41, 5.74) is 8.50. The normalized spacial score (nSPS) is 10.2. The molecule has 3 nitrogen and oxygen atoms in total. The van der Waals surface area contributed by atoms with Gasteiger partial charge in [0, 0.05) is 10.7 Å². The summed E-state index contributed by atoms with van der Waals surface area (Å²) in [6.07, 6.45) is 0. The predicted octanol–water partition coefficient (Wildman–Crippen LogP) is 3.59. The third-order valence-corrected chi connectivity index (χ3v) is 2.83. The van der Waals surface area contributed by atoms with Crippen LogP contribution >= 0.6 is 11.6 Å². The first kappa shape index (κ1) is 13.4. The Hall–Kier alpha value is -2.00. The van der Waals surface area contributed by atoms with Crippen LogP contribution in [-0.2, 0) is 11.3 Å². The molecule has 0 atom stereocenters. The Bertz CT molecular complexity index is 591.